The fourth-order valence-corrected chi connectivity index (χ4v) is 21.5. The Morgan fingerprint density at radius 1 is 0.909 bits per heavy atom. The fourth-order valence-electron chi connectivity index (χ4n) is 3.51. The summed E-state index contributed by atoms with van der Waals surface area (Å²) in [5.41, 5.74) is 0. The van der Waals surface area contributed by atoms with Crippen molar-refractivity contribution < 1.29 is 9.53 Å². The topological polar surface area (TPSA) is 38.3 Å². The van der Waals surface area contributed by atoms with E-state index < -0.39 is 18.4 Å². The number of alkyl carbamates (subject to hydrolysis) is 1. The van der Waals surface area contributed by atoms with Gasteiger partial charge in [-0.3, -0.25) is 0 Å². The molecule has 4 heteroatoms. The molecule has 0 radical (unpaired) electrons. The molecule has 0 aromatic carbocycles. The number of methoxy groups -OCH3 is 1. The van der Waals surface area contributed by atoms with Gasteiger partial charge in [-0.1, -0.05) is 0 Å². The first kappa shape index (κ1) is 22.1. The van der Waals surface area contributed by atoms with Crippen LogP contribution in [-0.2, 0) is 4.74 Å². The van der Waals surface area contributed by atoms with Gasteiger partial charge in [-0.2, -0.15) is 0 Å². The van der Waals surface area contributed by atoms with Crippen molar-refractivity contribution in [3.8, 4) is 0 Å². The van der Waals surface area contributed by atoms with Crippen molar-refractivity contribution in [2.24, 2.45) is 0 Å². The Morgan fingerprint density at radius 3 is 1.68 bits per heavy atom. The number of amides is 1. The number of unbranched alkanes of at least 4 members (excludes halogenated alkanes) is 3. The van der Waals surface area contributed by atoms with Gasteiger partial charge in [-0.05, 0) is 0 Å². The van der Waals surface area contributed by atoms with E-state index in [1.165, 1.54) is 58.9 Å². The summed E-state index contributed by atoms with van der Waals surface area (Å²) in [5, 5.41) is 3.27. The molecule has 1 unspecified atom stereocenters. The van der Waals surface area contributed by atoms with E-state index in [2.05, 4.69) is 33.0 Å². The third-order valence-electron chi connectivity index (χ3n) is 4.88. The second-order valence-electron chi connectivity index (χ2n) is 6.65. The van der Waals surface area contributed by atoms with E-state index in [0.29, 0.717) is 4.06 Å². The van der Waals surface area contributed by atoms with Gasteiger partial charge in [0.15, 0.2) is 0 Å². The number of ether oxygens (including phenoxy) is 1. The number of hydrogen-bond acceptors (Lipinski definition) is 2. The molecule has 0 aliphatic heterocycles. The number of nitrogens with one attached hydrogen (secondary N) is 1. The van der Waals surface area contributed by atoms with Crippen molar-refractivity contribution in [1.82, 2.24) is 5.32 Å². The Kier molecular flexibility index (Phi) is 13.5. The van der Waals surface area contributed by atoms with Crippen LogP contribution in [0.25, 0.3) is 0 Å². The summed E-state index contributed by atoms with van der Waals surface area (Å²) < 4.78 is 9.67. The van der Waals surface area contributed by atoms with Gasteiger partial charge < -0.3 is 0 Å². The first-order valence-electron chi connectivity index (χ1n) is 9.44. The van der Waals surface area contributed by atoms with E-state index in [0.717, 1.165) is 12.8 Å². The van der Waals surface area contributed by atoms with E-state index in [4.69, 9.17) is 4.74 Å². The number of hydrogen-bond donors (Lipinski definition) is 1. The SMILES string of the molecule is CCC[CH2][Sn]([CH2]CCC)([CH2]CCC)[CH](CCC)NC(=O)OC. The molecule has 1 amide bonds. The summed E-state index contributed by atoms with van der Waals surface area (Å²) in [6, 6.07) is 0. The van der Waals surface area contributed by atoms with E-state index in [1.807, 2.05) is 0 Å². The maximum absolute atomic E-state index is 11.9. The number of carbonyl (C=O) groups excluding carboxylic acids is 1. The van der Waals surface area contributed by atoms with Crippen molar-refractivity contribution in [1.29, 1.82) is 0 Å². The fraction of sp³-hybridized carbons (Fsp3) is 0.944. The van der Waals surface area contributed by atoms with Gasteiger partial charge in [-0.15, -0.1) is 0 Å². The van der Waals surface area contributed by atoms with Crippen LogP contribution in [0.15, 0.2) is 0 Å². The van der Waals surface area contributed by atoms with Gasteiger partial charge >= 0.3 is 143 Å². The molecule has 0 aliphatic rings. The van der Waals surface area contributed by atoms with Crippen molar-refractivity contribution in [3.63, 3.8) is 0 Å². The normalized spacial score (nSPS) is 13.0. The third kappa shape index (κ3) is 8.07. The first-order valence-corrected chi connectivity index (χ1v) is 17.1. The molecule has 0 aromatic heterocycles. The molecule has 0 aliphatic carbocycles. The monoisotopic (exact) mass is 421 g/mol. The van der Waals surface area contributed by atoms with Crippen LogP contribution in [0.3, 0.4) is 0 Å². The molecule has 0 rings (SSSR count). The molecule has 1 atom stereocenters. The Labute approximate surface area is 142 Å². The molecule has 0 fully saturated rings. The minimum atomic E-state index is -2.39. The zero-order valence-electron chi connectivity index (χ0n) is 15.7. The first-order chi connectivity index (χ1) is 10.6. The quantitative estimate of drug-likeness (QED) is 0.377. The van der Waals surface area contributed by atoms with Gasteiger partial charge in [0.05, 0.1) is 0 Å². The summed E-state index contributed by atoms with van der Waals surface area (Å²) in [6.07, 6.45) is 9.91. The molecule has 22 heavy (non-hydrogen) atoms. The van der Waals surface area contributed by atoms with E-state index in [-0.39, 0.29) is 6.09 Å². The Morgan fingerprint density at radius 2 is 1.36 bits per heavy atom. The molecule has 0 bridgehead atoms. The van der Waals surface area contributed by atoms with E-state index >= 15 is 0 Å². The molecule has 3 nitrogen and oxygen atoms in total. The molecular weight excluding hydrogens is 381 g/mol. The Balaban J connectivity index is 5.29. The van der Waals surface area contributed by atoms with Crippen LogP contribution < -0.4 is 5.32 Å². The average Bonchev–Trinajstić information content (AvgIpc) is 2.54. The van der Waals surface area contributed by atoms with Crippen LogP contribution in [0.1, 0.15) is 79.1 Å². The van der Waals surface area contributed by atoms with Gasteiger partial charge in [0, 0.05) is 0 Å². The molecule has 0 spiro atoms. The Hall–Kier alpha value is 0.0687. The van der Waals surface area contributed by atoms with Gasteiger partial charge in [0.2, 0.25) is 0 Å². The molecule has 0 saturated carbocycles. The van der Waals surface area contributed by atoms with Crippen LogP contribution in [0.4, 0.5) is 4.79 Å². The predicted octanol–water partition coefficient (Wildman–Crippen LogP) is 5.90. The number of carbonyl (C=O) groups is 1. The van der Waals surface area contributed by atoms with Crippen LogP contribution in [0.5, 0.6) is 0 Å². The van der Waals surface area contributed by atoms with Crippen LogP contribution in [-0.4, -0.2) is 35.6 Å². The van der Waals surface area contributed by atoms with Gasteiger partial charge in [0.25, 0.3) is 0 Å². The molecule has 0 saturated heterocycles. The average molecular weight is 420 g/mol. The second kappa shape index (κ2) is 13.5. The maximum atomic E-state index is 11.9. The molecule has 132 valence electrons. The van der Waals surface area contributed by atoms with Crippen molar-refractivity contribution in [3.05, 3.63) is 0 Å². The summed E-state index contributed by atoms with van der Waals surface area (Å²) in [5.74, 6) is 0. The summed E-state index contributed by atoms with van der Waals surface area (Å²) in [7, 11) is 1.49. The van der Waals surface area contributed by atoms with Crippen LogP contribution >= 0.6 is 0 Å². The molecule has 0 heterocycles. The summed E-state index contributed by atoms with van der Waals surface area (Å²) >= 11 is -2.39. The summed E-state index contributed by atoms with van der Waals surface area (Å²) in [6.45, 7) is 9.11. The second-order valence-corrected chi connectivity index (χ2v) is 20.7. The van der Waals surface area contributed by atoms with Crippen molar-refractivity contribution in [2.75, 3.05) is 7.11 Å². The predicted molar refractivity (Wildman–Crippen MR) is 99.1 cm³/mol. The number of rotatable bonds is 13. The van der Waals surface area contributed by atoms with Crippen LogP contribution in [0, 0.1) is 0 Å². The van der Waals surface area contributed by atoms with E-state index in [1.54, 1.807) is 0 Å². The van der Waals surface area contributed by atoms with Gasteiger partial charge in [0.1, 0.15) is 0 Å². The molecule has 1 N–H and O–H groups in total. The third-order valence-corrected chi connectivity index (χ3v) is 21.9. The Bertz CT molecular complexity index is 262. The zero-order valence-corrected chi connectivity index (χ0v) is 18.5. The molecule has 0 aromatic rings. The minimum absolute atomic E-state index is 0.218. The summed E-state index contributed by atoms with van der Waals surface area (Å²) in [4.78, 5) is 11.9. The van der Waals surface area contributed by atoms with Crippen molar-refractivity contribution >= 4 is 24.5 Å². The zero-order chi connectivity index (χ0) is 16.8. The standard InChI is InChI=1S/C6H12NO2.3C4H9.Sn/c1-3-4-5-7-6(8)9-2;3*1-3-4-2;/h5H,3-4H2,1-2H3,(H,7,8);3*1,3-4H2,2H3;. The van der Waals surface area contributed by atoms with Crippen molar-refractivity contribution in [2.45, 2.75) is 96.4 Å². The molecular formula is C18H39NO2Sn. The van der Waals surface area contributed by atoms with E-state index in [9.17, 15) is 4.79 Å². The van der Waals surface area contributed by atoms with Crippen LogP contribution in [0.2, 0.25) is 13.3 Å². The van der Waals surface area contributed by atoms with Gasteiger partial charge in [-0.25, -0.2) is 0 Å².